The number of aliphatic hydroxyl groups excluding tert-OH is 1. The Kier molecular flexibility index (Phi) is 5.10. The van der Waals surface area contributed by atoms with Gasteiger partial charge in [-0.15, -0.1) is 0 Å². The van der Waals surface area contributed by atoms with E-state index in [-0.39, 0.29) is 17.6 Å². The molecule has 7 nitrogen and oxygen atoms in total. The van der Waals surface area contributed by atoms with Gasteiger partial charge in [-0.2, -0.15) is 0 Å². The predicted octanol–water partition coefficient (Wildman–Crippen LogP) is 2.47. The average molecular weight is 335 g/mol. The zero-order valence-corrected chi connectivity index (χ0v) is 13.6. The van der Waals surface area contributed by atoms with Crippen LogP contribution in [0.1, 0.15) is 12.8 Å². The van der Waals surface area contributed by atoms with Gasteiger partial charge >= 0.3 is 6.16 Å². The van der Waals surface area contributed by atoms with Crippen LogP contribution in [0.5, 0.6) is 11.5 Å². The van der Waals surface area contributed by atoms with E-state index in [1.165, 1.54) is 7.11 Å². The fourth-order valence-electron chi connectivity index (χ4n) is 2.73. The standard InChI is InChI=1S/C17H21NO6/c1-21-17(20)24-16-10-18(9-7-13(16)19)8-6-12-11-22-14-4-2-3-5-15(14)23-12/h2-5,12,19H,6-11H2,1H3. The molecule has 130 valence electrons. The molecule has 0 aromatic heterocycles. The third kappa shape index (κ3) is 3.91. The first kappa shape index (κ1) is 16.4. The highest BCUT2D eigenvalue weighted by Crippen LogP contribution is 2.31. The SMILES string of the molecule is COC(=O)OC1=C(O)CCN(CCC2COc3ccccc3O2)C1. The molecule has 2 aliphatic heterocycles. The van der Waals surface area contributed by atoms with Gasteiger partial charge in [0.2, 0.25) is 0 Å². The van der Waals surface area contributed by atoms with Crippen LogP contribution >= 0.6 is 0 Å². The van der Waals surface area contributed by atoms with E-state index >= 15 is 0 Å². The summed E-state index contributed by atoms with van der Waals surface area (Å²) < 4.78 is 21.1. The monoisotopic (exact) mass is 335 g/mol. The minimum Gasteiger partial charge on any atom is -0.509 e. The van der Waals surface area contributed by atoms with Gasteiger partial charge in [-0.25, -0.2) is 4.79 Å². The largest absolute Gasteiger partial charge is 0.513 e. The Balaban J connectivity index is 1.50. The van der Waals surface area contributed by atoms with E-state index < -0.39 is 6.16 Å². The lowest BCUT2D eigenvalue weighted by Crippen LogP contribution is -2.38. The van der Waals surface area contributed by atoms with Gasteiger partial charge in [0, 0.05) is 25.9 Å². The van der Waals surface area contributed by atoms with E-state index in [9.17, 15) is 9.90 Å². The van der Waals surface area contributed by atoms with E-state index in [1.807, 2.05) is 24.3 Å². The van der Waals surface area contributed by atoms with E-state index in [2.05, 4.69) is 9.64 Å². The third-order valence-electron chi connectivity index (χ3n) is 4.06. The van der Waals surface area contributed by atoms with Crippen LogP contribution in [0.25, 0.3) is 0 Å². The van der Waals surface area contributed by atoms with E-state index in [0.717, 1.165) is 24.5 Å². The van der Waals surface area contributed by atoms with Crippen molar-refractivity contribution in [3.63, 3.8) is 0 Å². The quantitative estimate of drug-likeness (QED) is 0.847. The summed E-state index contributed by atoms with van der Waals surface area (Å²) in [4.78, 5) is 13.3. The Morgan fingerprint density at radius 2 is 2.17 bits per heavy atom. The molecule has 0 aliphatic carbocycles. The van der Waals surface area contributed by atoms with Gasteiger partial charge in [-0.05, 0) is 12.1 Å². The second-order valence-corrected chi connectivity index (χ2v) is 5.74. The van der Waals surface area contributed by atoms with E-state index in [0.29, 0.717) is 26.1 Å². The first-order valence-corrected chi connectivity index (χ1v) is 7.93. The highest BCUT2D eigenvalue weighted by atomic mass is 16.7. The molecule has 0 radical (unpaired) electrons. The number of carbonyl (C=O) groups is 1. The lowest BCUT2D eigenvalue weighted by molar-refractivity contribution is 0.0635. The molecular weight excluding hydrogens is 314 g/mol. The third-order valence-corrected chi connectivity index (χ3v) is 4.06. The molecule has 0 bridgehead atoms. The molecule has 0 saturated heterocycles. The van der Waals surface area contributed by atoms with Crippen molar-refractivity contribution in [1.29, 1.82) is 0 Å². The molecule has 0 saturated carbocycles. The maximum atomic E-state index is 11.2. The molecule has 7 heteroatoms. The molecule has 1 unspecified atom stereocenters. The van der Waals surface area contributed by atoms with Crippen LogP contribution in [0, 0.1) is 0 Å². The number of fused-ring (bicyclic) bond motifs is 1. The van der Waals surface area contributed by atoms with E-state index in [1.54, 1.807) is 0 Å². The fraction of sp³-hybridized carbons (Fsp3) is 0.471. The van der Waals surface area contributed by atoms with Crippen LogP contribution in [-0.4, -0.2) is 55.6 Å². The smallest absolute Gasteiger partial charge is 0.509 e. The van der Waals surface area contributed by atoms with Crippen molar-refractivity contribution in [2.24, 2.45) is 0 Å². The zero-order chi connectivity index (χ0) is 16.9. The number of para-hydroxylation sites is 2. The topological polar surface area (TPSA) is 77.5 Å². The first-order valence-electron chi connectivity index (χ1n) is 7.93. The van der Waals surface area contributed by atoms with Crippen molar-refractivity contribution in [2.75, 3.05) is 33.4 Å². The van der Waals surface area contributed by atoms with E-state index in [4.69, 9.17) is 14.2 Å². The summed E-state index contributed by atoms with van der Waals surface area (Å²) in [5.74, 6) is 1.88. The molecule has 2 heterocycles. The van der Waals surface area contributed by atoms with Crippen LogP contribution in [0.2, 0.25) is 0 Å². The lowest BCUT2D eigenvalue weighted by atomic mass is 10.1. The number of nitrogens with zero attached hydrogens (tertiary/aromatic N) is 1. The minimum atomic E-state index is -0.820. The number of carbonyl (C=O) groups excluding carboxylic acids is 1. The second kappa shape index (κ2) is 7.44. The van der Waals surface area contributed by atoms with Gasteiger partial charge in [-0.1, -0.05) is 12.1 Å². The van der Waals surface area contributed by atoms with Crippen molar-refractivity contribution in [2.45, 2.75) is 18.9 Å². The van der Waals surface area contributed by atoms with Crippen LogP contribution in [0.15, 0.2) is 35.8 Å². The van der Waals surface area contributed by atoms with Crippen molar-refractivity contribution in [1.82, 2.24) is 4.90 Å². The zero-order valence-electron chi connectivity index (χ0n) is 13.6. The molecule has 24 heavy (non-hydrogen) atoms. The summed E-state index contributed by atoms with van der Waals surface area (Å²) in [6.07, 6.45) is 0.376. The van der Waals surface area contributed by atoms with Crippen molar-refractivity contribution in [3.05, 3.63) is 35.8 Å². The van der Waals surface area contributed by atoms with Gasteiger partial charge in [-0.3, -0.25) is 4.90 Å². The molecule has 1 N–H and O–H groups in total. The highest BCUT2D eigenvalue weighted by Gasteiger charge is 2.25. The molecule has 0 spiro atoms. The average Bonchev–Trinajstić information content (AvgIpc) is 2.62. The van der Waals surface area contributed by atoms with Crippen molar-refractivity contribution < 1.29 is 28.8 Å². The Morgan fingerprint density at radius 3 is 2.96 bits per heavy atom. The maximum absolute atomic E-state index is 11.2. The van der Waals surface area contributed by atoms with Gasteiger partial charge < -0.3 is 24.1 Å². The number of rotatable bonds is 4. The molecule has 0 amide bonds. The number of methoxy groups -OCH3 is 1. The number of benzene rings is 1. The Morgan fingerprint density at radius 1 is 1.38 bits per heavy atom. The number of ether oxygens (including phenoxy) is 4. The minimum absolute atomic E-state index is 0.0237. The summed E-state index contributed by atoms with van der Waals surface area (Å²) in [6.45, 7) is 2.32. The Hall–Kier alpha value is -2.41. The Labute approximate surface area is 140 Å². The molecule has 1 aromatic carbocycles. The van der Waals surface area contributed by atoms with Crippen molar-refractivity contribution in [3.8, 4) is 11.5 Å². The molecular formula is C17H21NO6. The molecule has 0 fully saturated rings. The second-order valence-electron chi connectivity index (χ2n) is 5.74. The summed E-state index contributed by atoms with van der Waals surface area (Å²) in [6, 6.07) is 7.61. The highest BCUT2D eigenvalue weighted by molar-refractivity contribution is 5.61. The van der Waals surface area contributed by atoms with Gasteiger partial charge in [0.15, 0.2) is 17.3 Å². The van der Waals surface area contributed by atoms with Gasteiger partial charge in [0.1, 0.15) is 18.5 Å². The summed E-state index contributed by atoms with van der Waals surface area (Å²) >= 11 is 0. The molecule has 2 aliphatic rings. The van der Waals surface area contributed by atoms with Crippen molar-refractivity contribution >= 4 is 6.16 Å². The van der Waals surface area contributed by atoms with Crippen LogP contribution in [-0.2, 0) is 9.47 Å². The predicted molar refractivity (Wildman–Crippen MR) is 85.2 cm³/mol. The fourth-order valence-corrected chi connectivity index (χ4v) is 2.73. The lowest BCUT2D eigenvalue weighted by Gasteiger charge is -2.31. The van der Waals surface area contributed by atoms with Gasteiger partial charge in [0.25, 0.3) is 0 Å². The molecule has 1 atom stereocenters. The molecule has 3 rings (SSSR count). The first-order chi connectivity index (χ1) is 11.7. The van der Waals surface area contributed by atoms with Crippen LogP contribution in [0.4, 0.5) is 4.79 Å². The summed E-state index contributed by atoms with van der Waals surface area (Å²) in [7, 11) is 1.23. The number of hydrogen-bond acceptors (Lipinski definition) is 7. The Bertz CT molecular complexity index is 629. The molecule has 1 aromatic rings. The van der Waals surface area contributed by atoms with Gasteiger partial charge in [0.05, 0.1) is 13.7 Å². The number of hydrogen-bond donors (Lipinski definition) is 1. The normalized spacial score (nSPS) is 20.6. The van der Waals surface area contributed by atoms with Crippen LogP contribution < -0.4 is 9.47 Å². The summed E-state index contributed by atoms with van der Waals surface area (Å²) in [5, 5.41) is 9.83. The van der Waals surface area contributed by atoms with Crippen LogP contribution in [0.3, 0.4) is 0 Å². The number of aliphatic hydroxyl groups is 1. The summed E-state index contributed by atoms with van der Waals surface area (Å²) in [5.41, 5.74) is 0. The maximum Gasteiger partial charge on any atom is 0.513 e.